The van der Waals surface area contributed by atoms with Gasteiger partial charge in [-0.3, -0.25) is 4.98 Å². The summed E-state index contributed by atoms with van der Waals surface area (Å²) in [7, 11) is 0. The Morgan fingerprint density at radius 3 is 3.11 bits per heavy atom. The lowest BCUT2D eigenvalue weighted by Crippen LogP contribution is -2.39. The molecule has 2 fully saturated rings. The average Bonchev–Trinajstić information content (AvgIpc) is 3.11. The first-order chi connectivity index (χ1) is 8.88. The van der Waals surface area contributed by atoms with Gasteiger partial charge in [-0.05, 0) is 18.9 Å². The van der Waals surface area contributed by atoms with E-state index in [4.69, 9.17) is 9.47 Å². The normalized spacial score (nSPS) is 32.1. The standard InChI is InChI=1S/C13H17N3O2/c1-2-16-6-9(1)11(7-16)15-4-10-3-12-13(5-14-10)18-8-17-12/h3,5,9,11,15H,1-2,4,6-8H2/t9-,11-/m0/s1. The average molecular weight is 247 g/mol. The van der Waals surface area contributed by atoms with E-state index in [1.807, 2.05) is 6.07 Å². The summed E-state index contributed by atoms with van der Waals surface area (Å²) in [6.45, 7) is 4.87. The van der Waals surface area contributed by atoms with Gasteiger partial charge in [-0.15, -0.1) is 0 Å². The summed E-state index contributed by atoms with van der Waals surface area (Å²) in [5.74, 6) is 2.40. The molecule has 3 aliphatic heterocycles. The molecule has 2 bridgehead atoms. The van der Waals surface area contributed by atoms with Gasteiger partial charge in [0, 0.05) is 31.7 Å². The van der Waals surface area contributed by atoms with E-state index < -0.39 is 0 Å². The zero-order valence-corrected chi connectivity index (χ0v) is 10.3. The quantitative estimate of drug-likeness (QED) is 0.847. The Hall–Kier alpha value is -1.33. The molecule has 2 saturated heterocycles. The number of pyridine rings is 1. The molecule has 0 amide bonds. The molecule has 0 aromatic carbocycles. The van der Waals surface area contributed by atoms with Gasteiger partial charge >= 0.3 is 0 Å². The molecule has 3 atom stereocenters. The Bertz CT molecular complexity index is 466. The maximum Gasteiger partial charge on any atom is 0.231 e. The molecule has 5 heteroatoms. The molecule has 5 nitrogen and oxygen atoms in total. The molecule has 0 spiro atoms. The smallest absolute Gasteiger partial charge is 0.231 e. The number of rotatable bonds is 3. The molecule has 1 aromatic rings. The summed E-state index contributed by atoms with van der Waals surface area (Å²) in [5, 5.41) is 3.62. The fourth-order valence-electron chi connectivity index (χ4n) is 3.19. The number of hydrogen-bond acceptors (Lipinski definition) is 5. The molecule has 4 rings (SSSR count). The number of nitrogens with zero attached hydrogens (tertiary/aromatic N) is 2. The van der Waals surface area contributed by atoms with Crippen molar-refractivity contribution in [3.63, 3.8) is 0 Å². The van der Waals surface area contributed by atoms with Crippen LogP contribution in [0.1, 0.15) is 12.1 Å². The fourth-order valence-corrected chi connectivity index (χ4v) is 3.19. The van der Waals surface area contributed by atoms with Crippen molar-refractivity contribution in [2.45, 2.75) is 19.0 Å². The van der Waals surface area contributed by atoms with E-state index in [0.717, 1.165) is 29.7 Å². The number of piperidine rings is 1. The lowest BCUT2D eigenvalue weighted by Gasteiger charge is -2.23. The number of ether oxygens (including phenoxy) is 2. The van der Waals surface area contributed by atoms with Crippen molar-refractivity contribution in [1.82, 2.24) is 15.2 Å². The first kappa shape index (κ1) is 10.6. The van der Waals surface area contributed by atoms with E-state index in [2.05, 4.69) is 15.2 Å². The third kappa shape index (κ3) is 1.74. The van der Waals surface area contributed by atoms with Crippen LogP contribution in [-0.4, -0.2) is 42.4 Å². The SMILES string of the molecule is c1nc(CN[C@H]2CN3CC[C@H]2C3)cc2c1OCO2. The minimum Gasteiger partial charge on any atom is -0.453 e. The van der Waals surface area contributed by atoms with Crippen molar-refractivity contribution in [3.05, 3.63) is 18.0 Å². The highest BCUT2D eigenvalue weighted by molar-refractivity contribution is 5.40. The summed E-state index contributed by atoms with van der Waals surface area (Å²) >= 11 is 0. The number of fused-ring (bicyclic) bond motifs is 3. The van der Waals surface area contributed by atoms with Crippen LogP contribution >= 0.6 is 0 Å². The van der Waals surface area contributed by atoms with Crippen molar-refractivity contribution in [1.29, 1.82) is 0 Å². The minimum atomic E-state index is 0.313. The van der Waals surface area contributed by atoms with E-state index >= 15 is 0 Å². The summed E-state index contributed by atoms with van der Waals surface area (Å²) in [4.78, 5) is 6.93. The van der Waals surface area contributed by atoms with Crippen molar-refractivity contribution < 1.29 is 9.47 Å². The van der Waals surface area contributed by atoms with Gasteiger partial charge < -0.3 is 19.7 Å². The summed E-state index contributed by atoms with van der Waals surface area (Å²) < 4.78 is 10.6. The maximum absolute atomic E-state index is 5.36. The van der Waals surface area contributed by atoms with Crippen LogP contribution in [0, 0.1) is 5.92 Å². The first-order valence-electron chi connectivity index (χ1n) is 6.59. The molecular formula is C13H17N3O2. The largest absolute Gasteiger partial charge is 0.453 e. The molecule has 4 heterocycles. The van der Waals surface area contributed by atoms with E-state index in [1.165, 1.54) is 26.1 Å². The van der Waals surface area contributed by atoms with Crippen LogP contribution in [0.3, 0.4) is 0 Å². The second-order valence-corrected chi connectivity index (χ2v) is 5.32. The van der Waals surface area contributed by atoms with Crippen LogP contribution in [0.2, 0.25) is 0 Å². The van der Waals surface area contributed by atoms with Crippen molar-refractivity contribution in [3.8, 4) is 11.5 Å². The molecule has 18 heavy (non-hydrogen) atoms. The predicted octanol–water partition coefficient (Wildman–Crippen LogP) is 0.604. The lowest BCUT2D eigenvalue weighted by atomic mass is 10.00. The molecule has 96 valence electrons. The van der Waals surface area contributed by atoms with E-state index in [9.17, 15) is 0 Å². The van der Waals surface area contributed by atoms with Gasteiger partial charge in [0.25, 0.3) is 0 Å². The molecule has 1 N–H and O–H groups in total. The Morgan fingerprint density at radius 1 is 1.33 bits per heavy atom. The number of hydrogen-bond donors (Lipinski definition) is 1. The fraction of sp³-hybridized carbons (Fsp3) is 0.615. The third-order valence-electron chi connectivity index (χ3n) is 4.20. The van der Waals surface area contributed by atoms with E-state index in [0.29, 0.717) is 12.8 Å². The molecular weight excluding hydrogens is 230 g/mol. The van der Waals surface area contributed by atoms with Crippen molar-refractivity contribution in [2.24, 2.45) is 5.92 Å². The second-order valence-electron chi connectivity index (χ2n) is 5.32. The first-order valence-corrected chi connectivity index (χ1v) is 6.59. The molecule has 0 aliphatic carbocycles. The van der Waals surface area contributed by atoms with E-state index in [1.54, 1.807) is 6.20 Å². The van der Waals surface area contributed by atoms with Gasteiger partial charge in [-0.2, -0.15) is 0 Å². The van der Waals surface area contributed by atoms with Gasteiger partial charge in [0.1, 0.15) is 0 Å². The van der Waals surface area contributed by atoms with Crippen LogP contribution < -0.4 is 14.8 Å². The zero-order valence-electron chi connectivity index (χ0n) is 10.3. The topological polar surface area (TPSA) is 46.6 Å². The Balaban J connectivity index is 1.40. The number of aromatic nitrogens is 1. The summed E-state index contributed by atoms with van der Waals surface area (Å²) in [6, 6.07) is 2.61. The molecule has 1 unspecified atom stereocenters. The Morgan fingerprint density at radius 2 is 2.28 bits per heavy atom. The third-order valence-corrected chi connectivity index (χ3v) is 4.20. The highest BCUT2D eigenvalue weighted by Gasteiger charge is 2.37. The van der Waals surface area contributed by atoms with Crippen LogP contribution in [0.15, 0.2) is 12.3 Å². The van der Waals surface area contributed by atoms with Gasteiger partial charge in [-0.25, -0.2) is 0 Å². The van der Waals surface area contributed by atoms with Crippen LogP contribution in [0.4, 0.5) is 0 Å². The lowest BCUT2D eigenvalue weighted by molar-refractivity contribution is 0.174. The number of nitrogens with one attached hydrogen (secondary N) is 1. The second kappa shape index (κ2) is 4.10. The van der Waals surface area contributed by atoms with Crippen LogP contribution in [-0.2, 0) is 6.54 Å². The molecule has 0 radical (unpaired) electrons. The highest BCUT2D eigenvalue weighted by atomic mass is 16.7. The summed E-state index contributed by atoms with van der Waals surface area (Å²) in [5.41, 5.74) is 1.03. The highest BCUT2D eigenvalue weighted by Crippen LogP contribution is 2.31. The molecule has 3 aliphatic rings. The van der Waals surface area contributed by atoms with Gasteiger partial charge in [0.2, 0.25) is 6.79 Å². The van der Waals surface area contributed by atoms with E-state index in [-0.39, 0.29) is 0 Å². The molecule has 0 saturated carbocycles. The van der Waals surface area contributed by atoms with Crippen molar-refractivity contribution >= 4 is 0 Å². The van der Waals surface area contributed by atoms with Gasteiger partial charge in [0.05, 0.1) is 11.9 Å². The van der Waals surface area contributed by atoms with Gasteiger partial charge in [-0.1, -0.05) is 0 Å². The molecule has 1 aromatic heterocycles. The Labute approximate surface area is 106 Å². The summed E-state index contributed by atoms with van der Waals surface area (Å²) in [6.07, 6.45) is 3.09. The van der Waals surface area contributed by atoms with Crippen molar-refractivity contribution in [2.75, 3.05) is 26.4 Å². The Kier molecular flexibility index (Phi) is 2.41. The predicted molar refractivity (Wildman–Crippen MR) is 65.5 cm³/mol. The minimum absolute atomic E-state index is 0.313. The van der Waals surface area contributed by atoms with Crippen LogP contribution in [0.5, 0.6) is 11.5 Å². The maximum atomic E-state index is 5.36. The van der Waals surface area contributed by atoms with Crippen LogP contribution in [0.25, 0.3) is 0 Å². The van der Waals surface area contributed by atoms with Gasteiger partial charge in [0.15, 0.2) is 11.5 Å². The zero-order chi connectivity index (χ0) is 11.9. The monoisotopic (exact) mass is 247 g/mol.